The van der Waals surface area contributed by atoms with Gasteiger partial charge in [0.25, 0.3) is 0 Å². The smallest absolute Gasteiger partial charge is 0.417 e. The Morgan fingerprint density at radius 2 is 2.06 bits per heavy atom. The molecule has 1 atom stereocenters. The van der Waals surface area contributed by atoms with Gasteiger partial charge in [-0.1, -0.05) is 11.6 Å². The van der Waals surface area contributed by atoms with E-state index >= 15 is 0 Å². The first-order valence-corrected chi connectivity index (χ1v) is 9.64. The number of carbonyl (C=O) groups excluding carboxylic acids is 3. The maximum Gasteiger partial charge on any atom is 0.417 e. The standard InChI is InChI=1S/C20H19ClF3N3O4/c1-26(11-17(28)25-13-4-5-16(21)15(8-13)20(22,23)24)19(30)12-7-18(29)27(9-12)10-14-3-2-6-31-14/h2-6,8,12H,7,9-11H2,1H3,(H,25,28)/t12-/m0/s1. The minimum Gasteiger partial charge on any atom is -0.467 e. The molecule has 0 saturated carbocycles. The molecule has 2 heterocycles. The van der Waals surface area contributed by atoms with Gasteiger partial charge in [-0.3, -0.25) is 14.4 Å². The van der Waals surface area contributed by atoms with Crippen LogP contribution in [0.1, 0.15) is 17.7 Å². The first kappa shape index (κ1) is 22.7. The van der Waals surface area contributed by atoms with Crippen LogP contribution in [-0.4, -0.2) is 47.7 Å². The van der Waals surface area contributed by atoms with E-state index in [2.05, 4.69) is 5.32 Å². The summed E-state index contributed by atoms with van der Waals surface area (Å²) < 4.78 is 44.1. The van der Waals surface area contributed by atoms with E-state index in [9.17, 15) is 27.6 Å². The number of amides is 3. The number of carbonyl (C=O) groups is 3. The van der Waals surface area contributed by atoms with Gasteiger partial charge in [0.05, 0.1) is 35.9 Å². The normalized spacial score (nSPS) is 16.5. The van der Waals surface area contributed by atoms with Crippen molar-refractivity contribution in [3.8, 4) is 0 Å². The van der Waals surface area contributed by atoms with Crippen molar-refractivity contribution < 1.29 is 32.0 Å². The quantitative estimate of drug-likeness (QED) is 0.720. The van der Waals surface area contributed by atoms with Crippen LogP contribution in [0.2, 0.25) is 5.02 Å². The van der Waals surface area contributed by atoms with Gasteiger partial charge in [0.2, 0.25) is 17.7 Å². The third-order valence-electron chi connectivity index (χ3n) is 4.80. The number of benzene rings is 1. The summed E-state index contributed by atoms with van der Waals surface area (Å²) in [6.07, 6.45) is -3.16. The van der Waals surface area contributed by atoms with E-state index < -0.39 is 34.5 Å². The second kappa shape index (κ2) is 9.01. The topological polar surface area (TPSA) is 82.9 Å². The Kier molecular flexibility index (Phi) is 6.59. The SMILES string of the molecule is CN(CC(=O)Nc1ccc(Cl)c(C(F)(F)F)c1)C(=O)[C@H]1CC(=O)N(Cc2ccco2)C1. The molecule has 1 fully saturated rings. The monoisotopic (exact) mass is 457 g/mol. The molecule has 0 aliphatic carbocycles. The lowest BCUT2D eigenvalue weighted by molar-refractivity contribution is -0.137. The van der Waals surface area contributed by atoms with E-state index in [4.69, 9.17) is 16.0 Å². The molecule has 31 heavy (non-hydrogen) atoms. The number of hydrogen-bond donors (Lipinski definition) is 1. The van der Waals surface area contributed by atoms with Crippen LogP contribution in [0.3, 0.4) is 0 Å². The highest BCUT2D eigenvalue weighted by atomic mass is 35.5. The Morgan fingerprint density at radius 3 is 2.71 bits per heavy atom. The minimum atomic E-state index is -4.67. The molecule has 1 aromatic heterocycles. The maximum atomic E-state index is 12.9. The lowest BCUT2D eigenvalue weighted by Gasteiger charge is -2.21. The van der Waals surface area contributed by atoms with Crippen molar-refractivity contribution in [2.75, 3.05) is 25.5 Å². The van der Waals surface area contributed by atoms with E-state index in [1.165, 1.54) is 24.3 Å². The van der Waals surface area contributed by atoms with Crippen molar-refractivity contribution in [1.82, 2.24) is 9.80 Å². The van der Waals surface area contributed by atoms with E-state index in [-0.39, 0.29) is 37.6 Å². The predicted molar refractivity (Wildman–Crippen MR) is 105 cm³/mol. The fourth-order valence-electron chi connectivity index (χ4n) is 3.31. The van der Waals surface area contributed by atoms with E-state index in [1.807, 2.05) is 0 Å². The van der Waals surface area contributed by atoms with Crippen LogP contribution in [0, 0.1) is 5.92 Å². The number of anilines is 1. The highest BCUT2D eigenvalue weighted by Gasteiger charge is 2.36. The Morgan fingerprint density at radius 1 is 1.32 bits per heavy atom. The number of rotatable bonds is 6. The molecule has 1 aliphatic heterocycles. The van der Waals surface area contributed by atoms with Crippen LogP contribution in [0.5, 0.6) is 0 Å². The molecule has 7 nitrogen and oxygen atoms in total. The average Bonchev–Trinajstić information content (AvgIpc) is 3.32. The lowest BCUT2D eigenvalue weighted by Crippen LogP contribution is -2.39. The number of halogens is 4. The summed E-state index contributed by atoms with van der Waals surface area (Å²) in [5, 5.41) is 1.84. The fourth-order valence-corrected chi connectivity index (χ4v) is 3.53. The van der Waals surface area contributed by atoms with Crippen LogP contribution in [0.15, 0.2) is 41.0 Å². The molecule has 1 aromatic carbocycles. The van der Waals surface area contributed by atoms with Crippen molar-refractivity contribution in [2.24, 2.45) is 5.92 Å². The van der Waals surface area contributed by atoms with Gasteiger partial charge in [0.15, 0.2) is 0 Å². The van der Waals surface area contributed by atoms with Crippen molar-refractivity contribution in [2.45, 2.75) is 19.1 Å². The molecular weight excluding hydrogens is 439 g/mol. The zero-order valence-electron chi connectivity index (χ0n) is 16.4. The largest absolute Gasteiger partial charge is 0.467 e. The molecule has 166 valence electrons. The van der Waals surface area contributed by atoms with Gasteiger partial charge in [0, 0.05) is 25.7 Å². The molecule has 3 rings (SSSR count). The van der Waals surface area contributed by atoms with Gasteiger partial charge < -0.3 is 19.5 Å². The molecule has 1 N–H and O–H groups in total. The van der Waals surface area contributed by atoms with Gasteiger partial charge in [0.1, 0.15) is 5.76 Å². The summed E-state index contributed by atoms with van der Waals surface area (Å²) in [5.74, 6) is -1.31. The lowest BCUT2D eigenvalue weighted by atomic mass is 10.1. The highest BCUT2D eigenvalue weighted by Crippen LogP contribution is 2.36. The number of hydrogen-bond acceptors (Lipinski definition) is 4. The summed E-state index contributed by atoms with van der Waals surface area (Å²) in [5.41, 5.74) is -1.17. The van der Waals surface area contributed by atoms with Gasteiger partial charge in [-0.2, -0.15) is 13.2 Å². The van der Waals surface area contributed by atoms with Crippen molar-refractivity contribution >= 4 is 35.0 Å². The van der Waals surface area contributed by atoms with Crippen LogP contribution < -0.4 is 5.32 Å². The van der Waals surface area contributed by atoms with Crippen molar-refractivity contribution in [1.29, 1.82) is 0 Å². The van der Waals surface area contributed by atoms with Gasteiger partial charge >= 0.3 is 6.18 Å². The second-order valence-corrected chi connectivity index (χ2v) is 7.60. The molecule has 3 amide bonds. The van der Waals surface area contributed by atoms with Crippen LogP contribution in [-0.2, 0) is 27.1 Å². The fraction of sp³-hybridized carbons (Fsp3) is 0.350. The Balaban J connectivity index is 1.56. The maximum absolute atomic E-state index is 12.9. The van der Waals surface area contributed by atoms with Crippen LogP contribution in [0.4, 0.5) is 18.9 Å². The number of likely N-dealkylation sites (N-methyl/N-ethyl adjacent to an activating group) is 1. The van der Waals surface area contributed by atoms with Gasteiger partial charge in [-0.15, -0.1) is 0 Å². The Labute approximate surface area is 180 Å². The summed E-state index contributed by atoms with van der Waals surface area (Å²) in [6, 6.07) is 6.42. The molecule has 1 saturated heterocycles. The second-order valence-electron chi connectivity index (χ2n) is 7.19. The van der Waals surface area contributed by atoms with Crippen molar-refractivity contribution in [3.63, 3.8) is 0 Å². The van der Waals surface area contributed by atoms with Crippen LogP contribution in [0.25, 0.3) is 0 Å². The minimum absolute atomic E-state index is 0.0115. The molecule has 0 bridgehead atoms. The summed E-state index contributed by atoms with van der Waals surface area (Å²) >= 11 is 5.56. The average molecular weight is 458 g/mol. The molecule has 11 heteroatoms. The first-order chi connectivity index (χ1) is 14.5. The molecule has 0 unspecified atom stereocenters. The van der Waals surface area contributed by atoms with E-state index in [0.29, 0.717) is 5.76 Å². The summed E-state index contributed by atoms with van der Waals surface area (Å²) in [4.78, 5) is 39.7. The Hall–Kier alpha value is -3.01. The third-order valence-corrected chi connectivity index (χ3v) is 5.13. The summed E-state index contributed by atoms with van der Waals surface area (Å²) in [7, 11) is 1.39. The zero-order chi connectivity index (χ0) is 22.8. The van der Waals surface area contributed by atoms with Crippen LogP contribution >= 0.6 is 11.6 Å². The van der Waals surface area contributed by atoms with Gasteiger partial charge in [-0.25, -0.2) is 0 Å². The zero-order valence-corrected chi connectivity index (χ0v) is 17.2. The summed E-state index contributed by atoms with van der Waals surface area (Å²) in [6.45, 7) is 0.0556. The number of furan rings is 1. The molecular formula is C20H19ClF3N3O4. The van der Waals surface area contributed by atoms with E-state index in [1.54, 1.807) is 12.1 Å². The molecule has 0 spiro atoms. The predicted octanol–water partition coefficient (Wildman–Crippen LogP) is 3.40. The first-order valence-electron chi connectivity index (χ1n) is 9.26. The number of nitrogens with one attached hydrogen (secondary N) is 1. The van der Waals surface area contributed by atoms with Crippen molar-refractivity contribution in [3.05, 3.63) is 52.9 Å². The molecule has 2 aromatic rings. The number of nitrogens with zero attached hydrogens (tertiary/aromatic N) is 2. The highest BCUT2D eigenvalue weighted by molar-refractivity contribution is 6.31. The molecule has 1 aliphatic rings. The molecule has 0 radical (unpaired) electrons. The third kappa shape index (κ3) is 5.57. The Bertz CT molecular complexity index is 979. The van der Waals surface area contributed by atoms with Gasteiger partial charge in [-0.05, 0) is 30.3 Å². The number of likely N-dealkylation sites (tertiary alicyclic amines) is 1. The number of alkyl halides is 3. The van der Waals surface area contributed by atoms with E-state index in [0.717, 1.165) is 17.0 Å².